The van der Waals surface area contributed by atoms with Gasteiger partial charge < -0.3 is 0 Å². The van der Waals surface area contributed by atoms with Crippen molar-refractivity contribution in [3.05, 3.63) is 92.9 Å². The lowest BCUT2D eigenvalue weighted by Gasteiger charge is -2.23. The molecule has 4 aromatic rings. The molecule has 7 nitrogen and oxygen atoms in total. The van der Waals surface area contributed by atoms with Gasteiger partial charge >= 0.3 is 6.18 Å². The number of alkyl halides is 3. The van der Waals surface area contributed by atoms with Crippen LogP contribution in [0, 0.1) is 6.92 Å². The summed E-state index contributed by atoms with van der Waals surface area (Å²) in [5.74, 6) is 0.0976. The summed E-state index contributed by atoms with van der Waals surface area (Å²) in [6, 6.07) is 12.2. The third kappa shape index (κ3) is 3.97. The number of rotatable bonds is 3. The molecule has 0 amide bonds. The topological polar surface area (TPSA) is 88.1 Å². The van der Waals surface area contributed by atoms with Gasteiger partial charge in [0.25, 0.3) is 15.6 Å². The molecule has 0 saturated heterocycles. The van der Waals surface area contributed by atoms with Gasteiger partial charge in [0.2, 0.25) is 0 Å². The lowest BCUT2D eigenvalue weighted by molar-refractivity contribution is -0.137. The monoisotopic (exact) mass is 534 g/mol. The zero-order chi connectivity index (χ0) is 25.8. The van der Waals surface area contributed by atoms with Crippen LogP contribution in [0.5, 0.6) is 0 Å². The largest absolute Gasteiger partial charge is 0.416 e. The molecule has 0 fully saturated rings. The number of aryl methyl sites for hydroxylation is 1. The lowest BCUT2D eigenvalue weighted by Crippen LogP contribution is -2.34. The highest BCUT2D eigenvalue weighted by Crippen LogP contribution is 2.37. The number of hydrogen-bond donors (Lipinski definition) is 1. The van der Waals surface area contributed by atoms with Crippen molar-refractivity contribution in [3.63, 3.8) is 0 Å². The molecular weight excluding hydrogens is 517 g/mol. The van der Waals surface area contributed by atoms with Crippen molar-refractivity contribution < 1.29 is 21.6 Å². The number of aromatic amines is 1. The molecule has 1 N–H and O–H groups in total. The number of nitrogens with one attached hydrogen (secondary N) is 1. The van der Waals surface area contributed by atoms with Gasteiger partial charge in [-0.1, -0.05) is 29.3 Å². The van der Waals surface area contributed by atoms with Crippen LogP contribution in [0.2, 0.25) is 5.02 Å². The van der Waals surface area contributed by atoms with E-state index in [1.807, 2.05) is 6.92 Å². The summed E-state index contributed by atoms with van der Waals surface area (Å²) in [5, 5.41) is 2.79. The molecule has 0 radical (unpaired) electrons. The second kappa shape index (κ2) is 8.52. The molecule has 2 aromatic carbocycles. The summed E-state index contributed by atoms with van der Waals surface area (Å²) >= 11 is 6.16. The van der Waals surface area contributed by atoms with Crippen LogP contribution in [0.25, 0.3) is 16.9 Å². The molecule has 0 spiro atoms. The Hall–Kier alpha value is -3.57. The van der Waals surface area contributed by atoms with Crippen LogP contribution in [0.3, 0.4) is 0 Å². The number of anilines is 1. The third-order valence-corrected chi connectivity index (χ3v) is 8.09. The fraction of sp³-hybridized carbons (Fsp3) is 0.167. The van der Waals surface area contributed by atoms with Crippen LogP contribution in [0.4, 0.5) is 19.0 Å². The molecule has 2 aromatic heterocycles. The molecule has 186 valence electrons. The molecule has 0 saturated carbocycles. The number of sulfonamides is 1. The minimum atomic E-state index is -4.63. The van der Waals surface area contributed by atoms with Gasteiger partial charge in [0, 0.05) is 23.9 Å². The van der Waals surface area contributed by atoms with Crippen LogP contribution in [0.1, 0.15) is 16.7 Å². The van der Waals surface area contributed by atoms with E-state index >= 15 is 0 Å². The molecule has 0 bridgehead atoms. The lowest BCUT2D eigenvalue weighted by atomic mass is 10.1. The Bertz CT molecular complexity index is 1640. The Morgan fingerprint density at radius 3 is 2.50 bits per heavy atom. The second-order valence-corrected chi connectivity index (χ2v) is 10.6. The number of hydrogen-bond acceptors (Lipinski definition) is 4. The van der Waals surface area contributed by atoms with Crippen LogP contribution in [0.15, 0.2) is 70.5 Å². The second-order valence-electron chi connectivity index (χ2n) is 8.28. The standard InChI is InChI=1S/C24H18ClF3N4O3S/c1-14-4-7-16(8-5-14)36(34,35)31-12-10-18-21(17-3-2-11-29-22(17)31)30-32(23(18)33)20-13-15(24(26,27)28)6-9-19(20)25/h2-9,11,13,30H,10,12H2,1H3. The van der Waals surface area contributed by atoms with E-state index < -0.39 is 27.3 Å². The van der Waals surface area contributed by atoms with Crippen LogP contribution < -0.4 is 9.86 Å². The van der Waals surface area contributed by atoms with Gasteiger partial charge in [-0.3, -0.25) is 9.89 Å². The van der Waals surface area contributed by atoms with E-state index in [2.05, 4.69) is 10.1 Å². The molecule has 0 atom stereocenters. The Balaban J connectivity index is 1.67. The van der Waals surface area contributed by atoms with E-state index in [-0.39, 0.29) is 45.6 Å². The van der Waals surface area contributed by atoms with E-state index in [0.29, 0.717) is 5.56 Å². The number of aromatic nitrogens is 3. The molecule has 1 aliphatic rings. The van der Waals surface area contributed by atoms with Gasteiger partial charge in [-0.15, -0.1) is 0 Å². The third-order valence-electron chi connectivity index (χ3n) is 5.97. The Labute approximate surface area is 208 Å². The minimum Gasteiger partial charge on any atom is -0.290 e. The van der Waals surface area contributed by atoms with Crippen molar-refractivity contribution in [2.75, 3.05) is 10.8 Å². The molecule has 12 heteroatoms. The summed E-state index contributed by atoms with van der Waals surface area (Å²) in [6.07, 6.45) is -3.20. The summed E-state index contributed by atoms with van der Waals surface area (Å²) in [4.78, 5) is 17.7. The summed E-state index contributed by atoms with van der Waals surface area (Å²) in [5.41, 5.74) is -0.0740. The molecule has 36 heavy (non-hydrogen) atoms. The maximum absolute atomic E-state index is 13.5. The number of benzene rings is 2. The molecule has 0 unspecified atom stereocenters. The fourth-order valence-electron chi connectivity index (χ4n) is 4.14. The van der Waals surface area contributed by atoms with Crippen LogP contribution in [-0.2, 0) is 22.6 Å². The number of nitrogens with zero attached hydrogens (tertiary/aromatic N) is 3. The SMILES string of the molecule is Cc1ccc(S(=O)(=O)N2CCc3c([nH]n(-c4cc(C(F)(F)F)ccc4Cl)c3=O)-c3cccnc32)cc1. The number of halogens is 4. The van der Waals surface area contributed by atoms with Gasteiger partial charge in [-0.25, -0.2) is 22.4 Å². The van der Waals surface area contributed by atoms with Gasteiger partial charge in [0.15, 0.2) is 5.82 Å². The Morgan fingerprint density at radius 1 is 1.08 bits per heavy atom. The predicted molar refractivity (Wildman–Crippen MR) is 129 cm³/mol. The van der Waals surface area contributed by atoms with E-state index in [1.165, 1.54) is 18.3 Å². The van der Waals surface area contributed by atoms with E-state index in [1.54, 1.807) is 24.3 Å². The predicted octanol–water partition coefficient (Wildman–Crippen LogP) is 4.96. The first kappa shape index (κ1) is 24.1. The van der Waals surface area contributed by atoms with Gasteiger partial charge in [-0.05, 0) is 55.8 Å². The quantitative estimate of drug-likeness (QED) is 0.402. The zero-order valence-corrected chi connectivity index (χ0v) is 20.2. The summed E-state index contributed by atoms with van der Waals surface area (Å²) < 4.78 is 69.0. The summed E-state index contributed by atoms with van der Waals surface area (Å²) in [7, 11) is -4.01. The Kier molecular flexibility index (Phi) is 5.72. The first-order valence-corrected chi connectivity index (χ1v) is 12.6. The first-order chi connectivity index (χ1) is 17.0. The van der Waals surface area contributed by atoms with Gasteiger partial charge in [0.05, 0.1) is 26.9 Å². The number of pyridine rings is 1. The van der Waals surface area contributed by atoms with Crippen molar-refractivity contribution in [2.45, 2.75) is 24.4 Å². The molecule has 5 rings (SSSR count). The fourth-order valence-corrected chi connectivity index (χ4v) is 5.78. The first-order valence-electron chi connectivity index (χ1n) is 10.7. The van der Waals surface area contributed by atoms with E-state index in [0.717, 1.165) is 32.7 Å². The van der Waals surface area contributed by atoms with E-state index in [4.69, 9.17) is 11.6 Å². The normalized spacial score (nSPS) is 13.8. The highest BCUT2D eigenvalue weighted by atomic mass is 35.5. The highest BCUT2D eigenvalue weighted by Gasteiger charge is 2.34. The number of H-pyrrole nitrogens is 1. The van der Waals surface area contributed by atoms with Crippen LogP contribution >= 0.6 is 11.6 Å². The van der Waals surface area contributed by atoms with Gasteiger partial charge in [0.1, 0.15) is 0 Å². The average Bonchev–Trinajstić information content (AvgIpc) is 3.05. The van der Waals surface area contributed by atoms with Crippen molar-refractivity contribution in [1.29, 1.82) is 0 Å². The van der Waals surface area contributed by atoms with Crippen LogP contribution in [-0.4, -0.2) is 29.7 Å². The molecule has 3 heterocycles. The highest BCUT2D eigenvalue weighted by molar-refractivity contribution is 7.92. The minimum absolute atomic E-state index is 0.00427. The molecular formula is C24H18ClF3N4O3S. The Morgan fingerprint density at radius 2 is 1.81 bits per heavy atom. The molecule has 1 aliphatic heterocycles. The average molecular weight is 535 g/mol. The van der Waals surface area contributed by atoms with Crippen molar-refractivity contribution in [2.24, 2.45) is 0 Å². The smallest absolute Gasteiger partial charge is 0.290 e. The van der Waals surface area contributed by atoms with Crippen molar-refractivity contribution in [3.8, 4) is 16.9 Å². The van der Waals surface area contributed by atoms with Gasteiger partial charge in [-0.2, -0.15) is 13.2 Å². The number of fused-ring (bicyclic) bond motifs is 3. The molecule has 0 aliphatic carbocycles. The van der Waals surface area contributed by atoms with Crippen molar-refractivity contribution >= 4 is 27.4 Å². The summed E-state index contributed by atoms with van der Waals surface area (Å²) in [6.45, 7) is 1.74. The van der Waals surface area contributed by atoms with Crippen molar-refractivity contribution in [1.82, 2.24) is 14.8 Å². The van der Waals surface area contributed by atoms with E-state index in [9.17, 15) is 26.4 Å². The zero-order valence-electron chi connectivity index (χ0n) is 18.7. The maximum Gasteiger partial charge on any atom is 0.416 e. The maximum atomic E-state index is 13.5.